The maximum Gasteiger partial charge on any atom is 0.314 e. The Labute approximate surface area is 114 Å². The highest BCUT2D eigenvalue weighted by atomic mass is 16.5. The topological polar surface area (TPSA) is 63.6 Å². The highest BCUT2D eigenvalue weighted by molar-refractivity contribution is 5.99. The van der Waals surface area contributed by atoms with Crippen molar-refractivity contribution in [3.8, 4) is 0 Å². The second kappa shape index (κ2) is 4.58. The minimum absolute atomic E-state index is 0.0625. The van der Waals surface area contributed by atoms with Crippen LogP contribution in [0.3, 0.4) is 0 Å². The van der Waals surface area contributed by atoms with E-state index in [-0.39, 0.29) is 28.8 Å². The Hall–Kier alpha value is -0.900. The molecule has 0 aliphatic heterocycles. The summed E-state index contributed by atoms with van der Waals surface area (Å²) in [5.41, 5.74) is -0.410. The Morgan fingerprint density at radius 3 is 2.53 bits per heavy atom. The summed E-state index contributed by atoms with van der Waals surface area (Å²) in [6.45, 7) is 8.16. The minimum atomic E-state index is -0.961. The minimum Gasteiger partial charge on any atom is -0.481 e. The summed E-state index contributed by atoms with van der Waals surface area (Å²) in [7, 11) is 0. The standard InChI is InChI=1S/C15H24O4/c1-14(2,3)19-11-6-5-9-12(13(17)18)10(16)7-8-15(9,11)4/h9,11-12H,5-8H2,1-4H3,(H,17,18)/t9-,11-,12?,15-/m0/s1. The van der Waals surface area contributed by atoms with Gasteiger partial charge < -0.3 is 9.84 Å². The zero-order chi connectivity index (χ0) is 14.4. The normalized spacial score (nSPS) is 39.2. The molecule has 4 heteroatoms. The summed E-state index contributed by atoms with van der Waals surface area (Å²) < 4.78 is 6.13. The number of hydrogen-bond donors (Lipinski definition) is 1. The van der Waals surface area contributed by atoms with E-state index in [1.165, 1.54) is 0 Å². The second-order valence-corrected chi connectivity index (χ2v) is 7.19. The van der Waals surface area contributed by atoms with Gasteiger partial charge in [0.1, 0.15) is 11.7 Å². The first kappa shape index (κ1) is 14.5. The summed E-state index contributed by atoms with van der Waals surface area (Å²) >= 11 is 0. The van der Waals surface area contributed by atoms with Gasteiger partial charge in [0, 0.05) is 6.42 Å². The molecule has 4 nitrogen and oxygen atoms in total. The largest absolute Gasteiger partial charge is 0.481 e. The van der Waals surface area contributed by atoms with Crippen LogP contribution in [0.5, 0.6) is 0 Å². The molecule has 0 heterocycles. The quantitative estimate of drug-likeness (QED) is 0.782. The van der Waals surface area contributed by atoms with Crippen LogP contribution < -0.4 is 0 Å². The molecule has 2 fully saturated rings. The van der Waals surface area contributed by atoms with Crippen LogP contribution in [0.4, 0.5) is 0 Å². The summed E-state index contributed by atoms with van der Waals surface area (Å²) in [5, 5.41) is 9.33. The van der Waals surface area contributed by atoms with Crippen molar-refractivity contribution in [1.82, 2.24) is 0 Å². The Morgan fingerprint density at radius 1 is 1.37 bits per heavy atom. The molecule has 0 aromatic carbocycles. The van der Waals surface area contributed by atoms with Crippen LogP contribution in [0.2, 0.25) is 0 Å². The average molecular weight is 268 g/mol. The molecule has 2 saturated carbocycles. The Balaban J connectivity index is 2.25. The number of rotatable bonds is 2. The van der Waals surface area contributed by atoms with E-state index in [2.05, 4.69) is 6.92 Å². The van der Waals surface area contributed by atoms with Gasteiger partial charge >= 0.3 is 5.97 Å². The fourth-order valence-electron chi connectivity index (χ4n) is 3.83. The van der Waals surface area contributed by atoms with Gasteiger partial charge in [0.25, 0.3) is 0 Å². The average Bonchev–Trinajstić information content (AvgIpc) is 2.54. The predicted octanol–water partition coefficient (Wildman–Crippen LogP) is 2.65. The molecule has 1 unspecified atom stereocenters. The molecule has 0 spiro atoms. The van der Waals surface area contributed by atoms with E-state index >= 15 is 0 Å². The van der Waals surface area contributed by atoms with Crippen LogP contribution in [0, 0.1) is 17.3 Å². The number of carboxylic acids is 1. The first-order valence-corrected chi connectivity index (χ1v) is 7.08. The first-order chi connectivity index (χ1) is 8.65. The maximum atomic E-state index is 11.9. The molecule has 19 heavy (non-hydrogen) atoms. The van der Waals surface area contributed by atoms with Gasteiger partial charge in [-0.05, 0) is 51.4 Å². The van der Waals surface area contributed by atoms with E-state index in [1.54, 1.807) is 0 Å². The van der Waals surface area contributed by atoms with Gasteiger partial charge in [-0.25, -0.2) is 0 Å². The van der Waals surface area contributed by atoms with Gasteiger partial charge in [0.2, 0.25) is 0 Å². The van der Waals surface area contributed by atoms with Crippen LogP contribution in [-0.2, 0) is 14.3 Å². The lowest BCUT2D eigenvalue weighted by molar-refractivity contribution is -0.160. The molecule has 2 aliphatic rings. The van der Waals surface area contributed by atoms with Crippen molar-refractivity contribution in [3.05, 3.63) is 0 Å². The number of Topliss-reactive ketones (excluding diaryl/α,β-unsaturated/α-hetero) is 1. The zero-order valence-electron chi connectivity index (χ0n) is 12.2. The fourth-order valence-corrected chi connectivity index (χ4v) is 3.83. The third kappa shape index (κ3) is 2.55. The number of hydrogen-bond acceptors (Lipinski definition) is 3. The highest BCUT2D eigenvalue weighted by Crippen LogP contribution is 2.55. The number of aliphatic carboxylic acids is 1. The molecule has 0 aromatic rings. The van der Waals surface area contributed by atoms with E-state index in [4.69, 9.17) is 4.74 Å². The van der Waals surface area contributed by atoms with Gasteiger partial charge in [0.15, 0.2) is 0 Å². The van der Waals surface area contributed by atoms with Gasteiger partial charge in [-0.3, -0.25) is 9.59 Å². The Bertz CT molecular complexity index is 395. The van der Waals surface area contributed by atoms with Crippen molar-refractivity contribution in [2.75, 3.05) is 0 Å². The number of carbonyl (C=O) groups is 2. The maximum absolute atomic E-state index is 11.9. The molecule has 0 radical (unpaired) electrons. The molecular weight excluding hydrogens is 244 g/mol. The number of carboxylic acid groups (broad SMARTS) is 1. The molecule has 2 rings (SSSR count). The fraction of sp³-hybridized carbons (Fsp3) is 0.867. The van der Waals surface area contributed by atoms with Crippen LogP contribution >= 0.6 is 0 Å². The van der Waals surface area contributed by atoms with Gasteiger partial charge in [-0.2, -0.15) is 0 Å². The molecule has 1 N–H and O–H groups in total. The van der Waals surface area contributed by atoms with Crippen LogP contribution in [-0.4, -0.2) is 28.6 Å². The van der Waals surface area contributed by atoms with Crippen molar-refractivity contribution in [3.63, 3.8) is 0 Å². The van der Waals surface area contributed by atoms with Crippen molar-refractivity contribution in [2.24, 2.45) is 17.3 Å². The van der Waals surface area contributed by atoms with Crippen molar-refractivity contribution in [1.29, 1.82) is 0 Å². The molecular formula is C15H24O4. The lowest BCUT2D eigenvalue weighted by atomic mass is 9.63. The van der Waals surface area contributed by atoms with Gasteiger partial charge in [-0.15, -0.1) is 0 Å². The van der Waals surface area contributed by atoms with E-state index in [9.17, 15) is 14.7 Å². The summed E-state index contributed by atoms with van der Waals surface area (Å²) in [5.74, 6) is -1.96. The smallest absolute Gasteiger partial charge is 0.314 e. The van der Waals surface area contributed by atoms with E-state index in [0.717, 1.165) is 19.3 Å². The highest BCUT2D eigenvalue weighted by Gasteiger charge is 2.57. The lowest BCUT2D eigenvalue weighted by Gasteiger charge is -2.44. The third-order valence-corrected chi connectivity index (χ3v) is 4.74. The van der Waals surface area contributed by atoms with Crippen molar-refractivity contribution < 1.29 is 19.4 Å². The number of ketones is 1. The molecule has 108 valence electrons. The van der Waals surface area contributed by atoms with Crippen molar-refractivity contribution in [2.45, 2.75) is 65.1 Å². The summed E-state index contributed by atoms with van der Waals surface area (Å²) in [6, 6.07) is 0. The van der Waals surface area contributed by atoms with Gasteiger partial charge in [0.05, 0.1) is 11.7 Å². The molecule has 0 saturated heterocycles. The number of carbonyl (C=O) groups excluding carboxylic acids is 1. The zero-order valence-corrected chi connectivity index (χ0v) is 12.2. The van der Waals surface area contributed by atoms with Crippen molar-refractivity contribution >= 4 is 11.8 Å². The summed E-state index contributed by atoms with van der Waals surface area (Å²) in [6.07, 6.45) is 2.82. The Morgan fingerprint density at radius 2 is 2.00 bits per heavy atom. The summed E-state index contributed by atoms with van der Waals surface area (Å²) in [4.78, 5) is 23.3. The molecule has 0 amide bonds. The van der Waals surface area contributed by atoms with E-state index < -0.39 is 11.9 Å². The predicted molar refractivity (Wildman–Crippen MR) is 70.8 cm³/mol. The lowest BCUT2D eigenvalue weighted by Crippen LogP contribution is -2.48. The van der Waals surface area contributed by atoms with Crippen LogP contribution in [0.25, 0.3) is 0 Å². The second-order valence-electron chi connectivity index (χ2n) is 7.19. The Kier molecular flexibility index (Phi) is 3.50. The SMILES string of the molecule is CC(C)(C)O[C@H]1CC[C@H]2C(C(=O)O)C(=O)CC[C@]12C. The van der Waals surface area contributed by atoms with E-state index in [1.807, 2.05) is 20.8 Å². The van der Waals surface area contributed by atoms with Gasteiger partial charge in [-0.1, -0.05) is 6.92 Å². The number of ether oxygens (including phenoxy) is 1. The van der Waals surface area contributed by atoms with Crippen LogP contribution in [0.15, 0.2) is 0 Å². The van der Waals surface area contributed by atoms with Crippen LogP contribution in [0.1, 0.15) is 53.4 Å². The molecule has 0 bridgehead atoms. The van der Waals surface area contributed by atoms with E-state index in [0.29, 0.717) is 6.42 Å². The monoisotopic (exact) mass is 268 g/mol. The molecule has 4 atom stereocenters. The first-order valence-electron chi connectivity index (χ1n) is 7.08. The number of fused-ring (bicyclic) bond motifs is 1. The third-order valence-electron chi connectivity index (χ3n) is 4.74. The molecule has 0 aromatic heterocycles. The molecule has 2 aliphatic carbocycles.